The largest absolute Gasteiger partial charge is 0.381 e. The highest BCUT2D eigenvalue weighted by Crippen LogP contribution is 2.43. The smallest absolute Gasteiger partial charge is 0.257 e. The van der Waals surface area contributed by atoms with Crippen molar-refractivity contribution in [1.82, 2.24) is 9.62 Å². The molecule has 3 aromatic rings. The minimum Gasteiger partial charge on any atom is -0.381 e. The molecule has 2 aliphatic heterocycles. The maximum atomic E-state index is 11.9. The van der Waals surface area contributed by atoms with Crippen LogP contribution in [0.5, 0.6) is 0 Å². The Balaban J connectivity index is 1.01. The lowest BCUT2D eigenvalue weighted by molar-refractivity contribution is -0.114. The molecule has 6 heteroatoms. The summed E-state index contributed by atoms with van der Waals surface area (Å²) in [7, 11) is -1.46. The van der Waals surface area contributed by atoms with Crippen molar-refractivity contribution in [2.24, 2.45) is 0 Å². The lowest BCUT2D eigenvalue weighted by Gasteiger charge is -2.39. The lowest BCUT2D eigenvalue weighted by Crippen LogP contribution is -2.40. The van der Waals surface area contributed by atoms with Crippen molar-refractivity contribution in [3.63, 3.8) is 0 Å². The monoisotopic (exact) mass is 495 g/mol. The molecule has 1 atom stereocenters. The van der Waals surface area contributed by atoms with E-state index in [4.69, 9.17) is 0 Å². The SMILES string of the molecule is O=C1C=C(c2ccc(NCc3ccc(CN4CCC5(C=Cc6ccccc65)CC4)cc3)cc2)S(=O)N1. The quantitative estimate of drug-likeness (QED) is 0.506. The lowest BCUT2D eigenvalue weighted by atomic mass is 9.74. The summed E-state index contributed by atoms with van der Waals surface area (Å²) < 4.78 is 14.3. The Morgan fingerprint density at radius 1 is 0.917 bits per heavy atom. The van der Waals surface area contributed by atoms with E-state index in [2.05, 4.69) is 75.6 Å². The third-order valence-electron chi connectivity index (χ3n) is 7.58. The fourth-order valence-corrected chi connectivity index (χ4v) is 6.41. The fraction of sp³-hybridized carbons (Fsp3) is 0.233. The first-order valence-electron chi connectivity index (χ1n) is 12.5. The topological polar surface area (TPSA) is 61.4 Å². The Bertz CT molecular complexity index is 1370. The van der Waals surface area contributed by atoms with E-state index >= 15 is 0 Å². The summed E-state index contributed by atoms with van der Waals surface area (Å²) in [4.78, 5) is 14.5. The highest BCUT2D eigenvalue weighted by Gasteiger charge is 2.37. The van der Waals surface area contributed by atoms with Crippen LogP contribution in [-0.4, -0.2) is 28.1 Å². The molecule has 1 unspecified atom stereocenters. The summed E-state index contributed by atoms with van der Waals surface area (Å²) in [5.74, 6) is -0.310. The van der Waals surface area contributed by atoms with Gasteiger partial charge in [0.15, 0.2) is 11.0 Å². The highest BCUT2D eigenvalue weighted by atomic mass is 32.2. The van der Waals surface area contributed by atoms with Crippen molar-refractivity contribution < 1.29 is 9.00 Å². The zero-order chi connectivity index (χ0) is 24.5. The second-order valence-corrected chi connectivity index (χ2v) is 11.0. The number of amides is 1. The fourth-order valence-electron chi connectivity index (χ4n) is 5.50. The minimum atomic E-state index is -1.46. The Morgan fingerprint density at radius 2 is 1.64 bits per heavy atom. The van der Waals surface area contributed by atoms with E-state index in [1.54, 1.807) is 0 Å². The molecule has 5 nitrogen and oxygen atoms in total. The number of anilines is 1. The molecule has 2 N–H and O–H groups in total. The molecule has 1 spiro atoms. The maximum absolute atomic E-state index is 11.9. The first-order chi connectivity index (χ1) is 17.6. The van der Waals surface area contributed by atoms with E-state index < -0.39 is 11.0 Å². The summed E-state index contributed by atoms with van der Waals surface area (Å²) in [5, 5.41) is 3.44. The van der Waals surface area contributed by atoms with Crippen molar-refractivity contribution in [1.29, 1.82) is 0 Å². The molecule has 0 saturated carbocycles. The zero-order valence-electron chi connectivity index (χ0n) is 20.1. The van der Waals surface area contributed by atoms with Gasteiger partial charge in [-0.15, -0.1) is 0 Å². The van der Waals surface area contributed by atoms with Gasteiger partial charge in [0.25, 0.3) is 5.91 Å². The van der Waals surface area contributed by atoms with Gasteiger partial charge in [-0.05, 0) is 65.9 Å². The van der Waals surface area contributed by atoms with Gasteiger partial charge in [-0.2, -0.15) is 0 Å². The number of carbonyl (C=O) groups is 1. The van der Waals surface area contributed by atoms with E-state index in [-0.39, 0.29) is 11.3 Å². The van der Waals surface area contributed by atoms with Crippen LogP contribution >= 0.6 is 0 Å². The molecule has 0 bridgehead atoms. The van der Waals surface area contributed by atoms with Crippen LogP contribution in [0.1, 0.15) is 40.7 Å². The number of nitrogens with one attached hydrogen (secondary N) is 2. The van der Waals surface area contributed by atoms with Gasteiger partial charge in [0.1, 0.15) is 0 Å². The van der Waals surface area contributed by atoms with Crippen molar-refractivity contribution in [3.05, 3.63) is 113 Å². The van der Waals surface area contributed by atoms with E-state index in [1.165, 1.54) is 41.2 Å². The summed E-state index contributed by atoms with van der Waals surface area (Å²) in [6, 6.07) is 25.4. The van der Waals surface area contributed by atoms with Crippen LogP contribution in [0.4, 0.5) is 5.69 Å². The standard InChI is InChI=1S/C30H29N3O2S/c34-29-19-28(36(35)32-29)25-9-11-26(12-10-25)31-20-22-5-7-23(8-6-22)21-33-17-15-30(16-18-33)14-13-24-3-1-2-4-27(24)30/h1-14,19,31H,15-18,20-21H2,(H,32,34). The number of nitrogens with zero attached hydrogens (tertiary/aromatic N) is 1. The normalized spacial score (nSPS) is 20.3. The van der Waals surface area contributed by atoms with Gasteiger partial charge in [0.05, 0.1) is 4.91 Å². The van der Waals surface area contributed by atoms with Crippen molar-refractivity contribution in [3.8, 4) is 0 Å². The van der Waals surface area contributed by atoms with Gasteiger partial charge in [-0.1, -0.05) is 72.8 Å². The molecule has 3 aromatic carbocycles. The van der Waals surface area contributed by atoms with Gasteiger partial charge in [-0.25, -0.2) is 4.21 Å². The van der Waals surface area contributed by atoms with Crippen molar-refractivity contribution in [2.45, 2.75) is 31.3 Å². The molecule has 0 aromatic heterocycles. The molecule has 1 fully saturated rings. The first-order valence-corrected chi connectivity index (χ1v) is 13.6. The second kappa shape index (κ2) is 9.52. The predicted molar refractivity (Wildman–Crippen MR) is 146 cm³/mol. The zero-order valence-corrected chi connectivity index (χ0v) is 20.9. The molecule has 1 aliphatic carbocycles. The van der Waals surface area contributed by atoms with Crippen LogP contribution in [-0.2, 0) is 34.3 Å². The van der Waals surface area contributed by atoms with E-state index in [0.29, 0.717) is 4.91 Å². The Hall–Kier alpha value is -3.48. The average molecular weight is 496 g/mol. The number of piperidine rings is 1. The average Bonchev–Trinajstić information content (AvgIpc) is 3.44. The van der Waals surface area contributed by atoms with Crippen LogP contribution in [0.15, 0.2) is 84.9 Å². The molecule has 1 amide bonds. The summed E-state index contributed by atoms with van der Waals surface area (Å²) in [5.41, 5.74) is 7.48. The Kier molecular flexibility index (Phi) is 6.07. The van der Waals surface area contributed by atoms with Crippen LogP contribution in [0, 0.1) is 0 Å². The third kappa shape index (κ3) is 4.54. The van der Waals surface area contributed by atoms with Gasteiger partial charge in [-0.3, -0.25) is 14.4 Å². The maximum Gasteiger partial charge on any atom is 0.257 e. The molecule has 6 rings (SSSR count). The highest BCUT2D eigenvalue weighted by molar-refractivity contribution is 7.93. The van der Waals surface area contributed by atoms with Gasteiger partial charge in [0, 0.05) is 30.3 Å². The summed E-state index contributed by atoms with van der Waals surface area (Å²) in [6.45, 7) is 3.96. The second-order valence-electron chi connectivity index (χ2n) is 9.84. The molecule has 2 heterocycles. The Morgan fingerprint density at radius 3 is 2.36 bits per heavy atom. The number of likely N-dealkylation sites (tertiary alicyclic amines) is 1. The van der Waals surface area contributed by atoms with E-state index in [9.17, 15) is 9.00 Å². The van der Waals surface area contributed by atoms with E-state index in [1.807, 2.05) is 24.3 Å². The number of fused-ring (bicyclic) bond motifs is 2. The molecule has 1 saturated heterocycles. The molecular weight excluding hydrogens is 466 g/mol. The minimum absolute atomic E-state index is 0.236. The van der Waals surface area contributed by atoms with Crippen molar-refractivity contribution >= 4 is 33.6 Å². The predicted octanol–water partition coefficient (Wildman–Crippen LogP) is 4.99. The number of carbonyl (C=O) groups excluding carboxylic acids is 1. The number of rotatable bonds is 6. The van der Waals surface area contributed by atoms with Gasteiger partial charge < -0.3 is 5.32 Å². The van der Waals surface area contributed by atoms with Crippen LogP contribution in [0.2, 0.25) is 0 Å². The molecule has 182 valence electrons. The number of benzene rings is 3. The first kappa shape index (κ1) is 23.0. The summed E-state index contributed by atoms with van der Waals surface area (Å²) >= 11 is 0. The third-order valence-corrected chi connectivity index (χ3v) is 8.72. The van der Waals surface area contributed by atoms with Crippen LogP contribution in [0.25, 0.3) is 11.0 Å². The summed E-state index contributed by atoms with van der Waals surface area (Å²) in [6.07, 6.45) is 8.51. The van der Waals surface area contributed by atoms with Crippen molar-refractivity contribution in [2.75, 3.05) is 18.4 Å². The van der Waals surface area contributed by atoms with Gasteiger partial charge in [0.2, 0.25) is 0 Å². The number of allylic oxidation sites excluding steroid dienone is 1. The molecule has 0 radical (unpaired) electrons. The van der Waals surface area contributed by atoms with Gasteiger partial charge >= 0.3 is 0 Å². The number of hydrogen-bond donors (Lipinski definition) is 2. The number of hydrogen-bond acceptors (Lipinski definition) is 4. The molecule has 3 aliphatic rings. The van der Waals surface area contributed by atoms with Crippen LogP contribution in [0.3, 0.4) is 0 Å². The van der Waals surface area contributed by atoms with E-state index in [0.717, 1.165) is 37.4 Å². The molecular formula is C30H29N3O2S. The Labute approximate surface area is 214 Å². The van der Waals surface area contributed by atoms with Crippen LogP contribution < -0.4 is 10.0 Å². The molecule has 36 heavy (non-hydrogen) atoms.